The first-order chi connectivity index (χ1) is 6.85. The summed E-state index contributed by atoms with van der Waals surface area (Å²) in [4.78, 5) is 0. The van der Waals surface area contributed by atoms with E-state index in [0.29, 0.717) is 12.0 Å². The average Bonchev–Trinajstić information content (AvgIpc) is 2.11. The van der Waals surface area contributed by atoms with E-state index in [0.717, 1.165) is 4.47 Å². The molecule has 0 amide bonds. The lowest BCUT2D eigenvalue weighted by molar-refractivity contribution is 0.381. The van der Waals surface area contributed by atoms with Gasteiger partial charge in [-0.05, 0) is 32.4 Å². The van der Waals surface area contributed by atoms with E-state index in [1.807, 2.05) is 13.8 Å². The summed E-state index contributed by atoms with van der Waals surface area (Å²) in [6.45, 7) is 3.72. The van der Waals surface area contributed by atoms with Gasteiger partial charge in [0.1, 0.15) is 0 Å². The molecule has 2 nitrogen and oxygen atoms in total. The van der Waals surface area contributed by atoms with Crippen molar-refractivity contribution in [3.05, 3.63) is 28.0 Å². The van der Waals surface area contributed by atoms with Crippen molar-refractivity contribution in [3.63, 3.8) is 0 Å². The molecule has 0 unspecified atom stereocenters. The van der Waals surface area contributed by atoms with Crippen molar-refractivity contribution in [3.8, 4) is 5.75 Å². The third-order valence-corrected chi connectivity index (χ3v) is 2.75. The lowest BCUT2D eigenvalue weighted by Gasteiger charge is -2.20. The zero-order chi connectivity index (χ0) is 11.6. The highest BCUT2D eigenvalue weighted by molar-refractivity contribution is 9.10. The molecule has 0 fully saturated rings. The van der Waals surface area contributed by atoms with Crippen LogP contribution in [0.25, 0.3) is 0 Å². The van der Waals surface area contributed by atoms with Crippen molar-refractivity contribution in [2.24, 2.45) is 5.73 Å². The molecule has 0 saturated heterocycles. The maximum atomic E-state index is 13.9. The lowest BCUT2D eigenvalue weighted by Crippen LogP contribution is -2.34. The average molecular weight is 276 g/mol. The Balaban J connectivity index is 3.15. The Bertz CT molecular complexity index is 360. The van der Waals surface area contributed by atoms with Crippen LogP contribution < -0.4 is 10.5 Å². The molecule has 0 heterocycles. The second-order valence-electron chi connectivity index (χ2n) is 4.21. The van der Waals surface area contributed by atoms with Gasteiger partial charge in [0.05, 0.1) is 7.11 Å². The Morgan fingerprint density at radius 1 is 1.47 bits per heavy atom. The minimum Gasteiger partial charge on any atom is -0.494 e. The van der Waals surface area contributed by atoms with E-state index in [2.05, 4.69) is 15.9 Å². The maximum Gasteiger partial charge on any atom is 0.169 e. The van der Waals surface area contributed by atoms with Crippen LogP contribution in [0.15, 0.2) is 16.6 Å². The molecule has 0 aliphatic rings. The van der Waals surface area contributed by atoms with Crippen LogP contribution in [0.2, 0.25) is 0 Å². The van der Waals surface area contributed by atoms with Crippen molar-refractivity contribution in [2.45, 2.75) is 25.8 Å². The van der Waals surface area contributed by atoms with Crippen LogP contribution in [-0.4, -0.2) is 12.6 Å². The van der Waals surface area contributed by atoms with Gasteiger partial charge in [-0.1, -0.05) is 15.9 Å². The number of methoxy groups -OCH3 is 1. The van der Waals surface area contributed by atoms with Gasteiger partial charge in [0.25, 0.3) is 0 Å². The molecule has 15 heavy (non-hydrogen) atoms. The minimum atomic E-state index is -0.449. The Labute approximate surface area is 97.7 Å². The maximum absolute atomic E-state index is 13.9. The molecule has 1 aromatic carbocycles. The molecule has 0 saturated carbocycles. The van der Waals surface area contributed by atoms with E-state index in [-0.39, 0.29) is 11.6 Å². The molecule has 0 radical (unpaired) electrons. The van der Waals surface area contributed by atoms with Gasteiger partial charge in [-0.25, -0.2) is 4.39 Å². The van der Waals surface area contributed by atoms with E-state index < -0.39 is 5.54 Å². The van der Waals surface area contributed by atoms with Crippen molar-refractivity contribution in [1.29, 1.82) is 0 Å². The van der Waals surface area contributed by atoms with Gasteiger partial charge in [-0.2, -0.15) is 0 Å². The number of nitrogens with two attached hydrogens (primary N) is 1. The second-order valence-corrected chi connectivity index (χ2v) is 5.06. The van der Waals surface area contributed by atoms with Gasteiger partial charge in [0, 0.05) is 15.6 Å². The van der Waals surface area contributed by atoms with Gasteiger partial charge in [-0.3, -0.25) is 0 Å². The van der Waals surface area contributed by atoms with Crippen molar-refractivity contribution in [1.82, 2.24) is 0 Å². The summed E-state index contributed by atoms with van der Waals surface area (Å²) in [7, 11) is 1.45. The molecule has 0 aliphatic heterocycles. The summed E-state index contributed by atoms with van der Waals surface area (Å²) >= 11 is 3.31. The van der Waals surface area contributed by atoms with Gasteiger partial charge >= 0.3 is 0 Å². The SMILES string of the molecule is COc1ccc(Br)c(CC(C)(C)N)c1F. The second kappa shape index (κ2) is 4.49. The zero-order valence-corrected chi connectivity index (χ0v) is 10.7. The highest BCUT2D eigenvalue weighted by Crippen LogP contribution is 2.29. The van der Waals surface area contributed by atoms with Gasteiger partial charge in [0.2, 0.25) is 0 Å². The van der Waals surface area contributed by atoms with Crippen LogP contribution in [0.4, 0.5) is 4.39 Å². The van der Waals surface area contributed by atoms with E-state index in [1.165, 1.54) is 7.11 Å². The highest BCUT2D eigenvalue weighted by atomic mass is 79.9. The zero-order valence-electron chi connectivity index (χ0n) is 9.10. The largest absolute Gasteiger partial charge is 0.494 e. The highest BCUT2D eigenvalue weighted by Gasteiger charge is 2.19. The first kappa shape index (κ1) is 12.5. The van der Waals surface area contributed by atoms with Crippen LogP contribution in [0.5, 0.6) is 5.75 Å². The molecule has 0 aliphatic carbocycles. The van der Waals surface area contributed by atoms with E-state index in [9.17, 15) is 4.39 Å². The fraction of sp³-hybridized carbons (Fsp3) is 0.455. The standard InChI is InChI=1S/C11H15BrFNO/c1-11(2,14)6-7-8(12)4-5-9(15-3)10(7)13/h4-5H,6,14H2,1-3H3. The van der Waals surface area contributed by atoms with Crippen molar-refractivity contribution in [2.75, 3.05) is 7.11 Å². The lowest BCUT2D eigenvalue weighted by atomic mass is 9.96. The molecular weight excluding hydrogens is 261 g/mol. The smallest absolute Gasteiger partial charge is 0.169 e. The molecule has 1 aromatic rings. The molecule has 0 spiro atoms. The summed E-state index contributed by atoms with van der Waals surface area (Å²) in [5.74, 6) is -0.0946. The monoisotopic (exact) mass is 275 g/mol. The van der Waals surface area contributed by atoms with Crippen LogP contribution >= 0.6 is 15.9 Å². The van der Waals surface area contributed by atoms with Gasteiger partial charge in [-0.15, -0.1) is 0 Å². The van der Waals surface area contributed by atoms with E-state index in [4.69, 9.17) is 10.5 Å². The number of rotatable bonds is 3. The number of benzene rings is 1. The minimum absolute atomic E-state index is 0.248. The predicted molar refractivity (Wildman–Crippen MR) is 62.6 cm³/mol. The number of hydrogen-bond donors (Lipinski definition) is 1. The van der Waals surface area contributed by atoms with Crippen molar-refractivity contribution < 1.29 is 9.13 Å². The van der Waals surface area contributed by atoms with E-state index >= 15 is 0 Å². The first-order valence-corrected chi connectivity index (χ1v) is 5.44. The summed E-state index contributed by atoms with van der Waals surface area (Å²) in [5, 5.41) is 0. The van der Waals surface area contributed by atoms with Crippen LogP contribution in [0.1, 0.15) is 19.4 Å². The normalized spacial score (nSPS) is 11.6. The first-order valence-electron chi connectivity index (χ1n) is 4.65. The molecule has 0 atom stereocenters. The summed E-state index contributed by atoms with van der Waals surface area (Å²) in [6, 6.07) is 3.36. The van der Waals surface area contributed by atoms with E-state index in [1.54, 1.807) is 12.1 Å². The predicted octanol–water partition coefficient (Wildman–Crippen LogP) is 2.88. The fourth-order valence-electron chi connectivity index (χ4n) is 1.35. The quantitative estimate of drug-likeness (QED) is 0.921. The number of hydrogen-bond acceptors (Lipinski definition) is 2. The Morgan fingerprint density at radius 2 is 2.07 bits per heavy atom. The van der Waals surface area contributed by atoms with Crippen molar-refractivity contribution >= 4 is 15.9 Å². The molecule has 1 rings (SSSR count). The molecule has 0 aromatic heterocycles. The molecule has 4 heteroatoms. The summed E-state index contributed by atoms with van der Waals surface area (Å²) in [6.07, 6.45) is 0.455. The topological polar surface area (TPSA) is 35.2 Å². The van der Waals surface area contributed by atoms with Crippen LogP contribution in [-0.2, 0) is 6.42 Å². The van der Waals surface area contributed by atoms with Crippen LogP contribution in [0.3, 0.4) is 0 Å². The Kier molecular flexibility index (Phi) is 3.73. The number of halogens is 2. The Morgan fingerprint density at radius 3 is 2.53 bits per heavy atom. The fourth-order valence-corrected chi connectivity index (χ4v) is 1.80. The molecule has 84 valence electrons. The third-order valence-electron chi connectivity index (χ3n) is 2.00. The number of ether oxygens (including phenoxy) is 1. The van der Waals surface area contributed by atoms with Gasteiger partial charge < -0.3 is 10.5 Å². The summed E-state index contributed by atoms with van der Waals surface area (Å²) in [5.41, 5.74) is 5.98. The van der Waals surface area contributed by atoms with Gasteiger partial charge in [0.15, 0.2) is 11.6 Å². The molecule has 2 N–H and O–H groups in total. The molecular formula is C11H15BrFNO. The summed E-state index contributed by atoms with van der Waals surface area (Å²) < 4.78 is 19.5. The Hall–Kier alpha value is -0.610. The molecule has 0 bridgehead atoms. The van der Waals surface area contributed by atoms with Crippen LogP contribution in [0, 0.1) is 5.82 Å². The third kappa shape index (κ3) is 3.18.